The number of alkyl halides is 1. The van der Waals surface area contributed by atoms with Gasteiger partial charge < -0.3 is 5.32 Å². The lowest BCUT2D eigenvalue weighted by Crippen LogP contribution is -2.30. The van der Waals surface area contributed by atoms with E-state index in [1.165, 1.54) is 34.1 Å². The molecule has 1 aliphatic rings. The van der Waals surface area contributed by atoms with E-state index in [0.717, 1.165) is 18.7 Å². The van der Waals surface area contributed by atoms with Crippen LogP contribution in [-0.4, -0.2) is 22.6 Å². The van der Waals surface area contributed by atoms with E-state index in [4.69, 9.17) is 0 Å². The van der Waals surface area contributed by atoms with Crippen molar-refractivity contribution >= 4 is 40.3 Å². The molecular formula is C15H20INOS. The largest absolute Gasteiger partial charge is 0.356 e. The molecule has 1 aromatic rings. The predicted octanol–water partition coefficient (Wildman–Crippen LogP) is 3.99. The first-order valence-electron chi connectivity index (χ1n) is 6.88. The third kappa shape index (κ3) is 4.38. The normalized spacial score (nSPS) is 17.2. The van der Waals surface area contributed by atoms with Crippen LogP contribution in [0.1, 0.15) is 37.2 Å². The summed E-state index contributed by atoms with van der Waals surface area (Å²) in [7, 11) is 0. The van der Waals surface area contributed by atoms with Crippen molar-refractivity contribution in [3.8, 4) is 0 Å². The van der Waals surface area contributed by atoms with Gasteiger partial charge in [0.15, 0.2) is 0 Å². The summed E-state index contributed by atoms with van der Waals surface area (Å²) in [6, 6.07) is 8.26. The second kappa shape index (κ2) is 8.15. The molecule has 1 heterocycles. The third-order valence-corrected chi connectivity index (χ3v) is 5.32. The molecule has 1 atom stereocenters. The summed E-state index contributed by atoms with van der Waals surface area (Å²) < 4.78 is 1.24. The number of hydrogen-bond donors (Lipinski definition) is 1. The summed E-state index contributed by atoms with van der Waals surface area (Å²) in [5, 5.41) is 3.09. The van der Waals surface area contributed by atoms with E-state index in [9.17, 15) is 4.79 Å². The van der Waals surface area contributed by atoms with Crippen LogP contribution in [0, 0.1) is 0 Å². The van der Waals surface area contributed by atoms with Crippen molar-refractivity contribution in [2.24, 2.45) is 0 Å². The number of carbonyl (C=O) groups is 1. The highest BCUT2D eigenvalue weighted by Gasteiger charge is 2.28. The molecule has 4 heteroatoms. The Morgan fingerprint density at radius 1 is 1.26 bits per heavy atom. The van der Waals surface area contributed by atoms with Crippen molar-refractivity contribution in [2.75, 3.05) is 16.7 Å². The lowest BCUT2D eigenvalue weighted by Gasteiger charge is -2.11. The van der Waals surface area contributed by atoms with Gasteiger partial charge in [-0.3, -0.25) is 4.79 Å². The van der Waals surface area contributed by atoms with Gasteiger partial charge in [-0.2, -0.15) is 0 Å². The van der Waals surface area contributed by atoms with Crippen LogP contribution < -0.4 is 5.32 Å². The van der Waals surface area contributed by atoms with Crippen molar-refractivity contribution in [2.45, 2.75) is 36.5 Å². The molecule has 19 heavy (non-hydrogen) atoms. The van der Waals surface area contributed by atoms with Crippen molar-refractivity contribution in [3.63, 3.8) is 0 Å². The van der Waals surface area contributed by atoms with E-state index in [1.54, 1.807) is 11.8 Å². The fourth-order valence-electron chi connectivity index (χ4n) is 2.29. The Balaban J connectivity index is 1.73. The van der Waals surface area contributed by atoms with Gasteiger partial charge in [-0.15, -0.1) is 11.8 Å². The van der Waals surface area contributed by atoms with Gasteiger partial charge in [0.25, 0.3) is 0 Å². The maximum Gasteiger partial charge on any atom is 0.228 e. The molecule has 0 radical (unpaired) electrons. The minimum atomic E-state index is 0.0514. The van der Waals surface area contributed by atoms with Crippen molar-refractivity contribution in [1.82, 2.24) is 5.32 Å². The van der Waals surface area contributed by atoms with E-state index in [2.05, 4.69) is 40.0 Å². The molecule has 0 saturated carbocycles. The van der Waals surface area contributed by atoms with Gasteiger partial charge in [-0.05, 0) is 28.9 Å². The standard InChI is InChI=1S/C15H20INOS/c16-9-5-1-2-6-10-17-15(18)13-11-19-14-8-4-3-7-12(13)14/h3-4,7-8,13H,1-2,5-6,9-11H2,(H,17,18). The van der Waals surface area contributed by atoms with Crippen LogP contribution in [0.4, 0.5) is 0 Å². The van der Waals surface area contributed by atoms with Crippen molar-refractivity contribution in [1.29, 1.82) is 0 Å². The molecule has 1 aromatic carbocycles. The monoisotopic (exact) mass is 389 g/mol. The summed E-state index contributed by atoms with van der Waals surface area (Å²) in [6.07, 6.45) is 4.89. The number of nitrogens with one attached hydrogen (secondary N) is 1. The quantitative estimate of drug-likeness (QED) is 0.434. The highest BCUT2D eigenvalue weighted by molar-refractivity contribution is 14.1. The first-order valence-corrected chi connectivity index (χ1v) is 9.39. The molecule has 0 spiro atoms. The fourth-order valence-corrected chi connectivity index (χ4v) is 4.06. The SMILES string of the molecule is O=C(NCCCCCCI)C1CSc2ccccc21. The Morgan fingerprint density at radius 2 is 2.05 bits per heavy atom. The summed E-state index contributed by atoms with van der Waals surface area (Å²) in [4.78, 5) is 13.4. The van der Waals surface area contributed by atoms with E-state index in [-0.39, 0.29) is 11.8 Å². The lowest BCUT2D eigenvalue weighted by atomic mass is 10.0. The zero-order chi connectivity index (χ0) is 13.5. The van der Waals surface area contributed by atoms with E-state index >= 15 is 0 Å². The average molecular weight is 389 g/mol. The van der Waals surface area contributed by atoms with Gasteiger partial charge in [0.1, 0.15) is 0 Å². The summed E-state index contributed by atoms with van der Waals surface area (Å²) in [5.41, 5.74) is 1.20. The summed E-state index contributed by atoms with van der Waals surface area (Å²) >= 11 is 4.21. The number of halogens is 1. The van der Waals surface area contributed by atoms with Crippen molar-refractivity contribution < 1.29 is 4.79 Å². The van der Waals surface area contributed by atoms with Gasteiger partial charge in [0.05, 0.1) is 5.92 Å². The lowest BCUT2D eigenvalue weighted by molar-refractivity contribution is -0.122. The minimum absolute atomic E-state index is 0.0514. The molecule has 2 rings (SSSR count). The topological polar surface area (TPSA) is 29.1 Å². The highest BCUT2D eigenvalue weighted by atomic mass is 127. The molecule has 1 unspecified atom stereocenters. The number of fused-ring (bicyclic) bond motifs is 1. The van der Waals surface area contributed by atoms with Crippen molar-refractivity contribution in [3.05, 3.63) is 29.8 Å². The van der Waals surface area contributed by atoms with Crippen LogP contribution in [0.25, 0.3) is 0 Å². The molecule has 1 amide bonds. The van der Waals surface area contributed by atoms with Crippen LogP contribution in [0.5, 0.6) is 0 Å². The van der Waals surface area contributed by atoms with Crippen LogP contribution in [0.2, 0.25) is 0 Å². The molecule has 0 fully saturated rings. The third-order valence-electron chi connectivity index (χ3n) is 3.38. The Kier molecular flexibility index (Phi) is 6.50. The second-order valence-electron chi connectivity index (χ2n) is 4.80. The van der Waals surface area contributed by atoms with Gasteiger partial charge in [-0.1, -0.05) is 53.6 Å². The molecule has 2 nitrogen and oxygen atoms in total. The number of carbonyl (C=O) groups excluding carboxylic acids is 1. The molecule has 1 aliphatic heterocycles. The Hall–Kier alpha value is -0.230. The predicted molar refractivity (Wildman–Crippen MR) is 90.3 cm³/mol. The average Bonchev–Trinajstić information content (AvgIpc) is 2.86. The smallest absolute Gasteiger partial charge is 0.228 e. The molecule has 104 valence electrons. The van der Waals surface area contributed by atoms with Crippen LogP contribution >= 0.6 is 34.4 Å². The number of amides is 1. The highest BCUT2D eigenvalue weighted by Crippen LogP contribution is 2.39. The summed E-state index contributed by atoms with van der Waals surface area (Å²) in [5.74, 6) is 1.14. The molecular weight excluding hydrogens is 369 g/mol. The van der Waals surface area contributed by atoms with Crippen LogP contribution in [0.3, 0.4) is 0 Å². The number of benzene rings is 1. The molecule has 0 aliphatic carbocycles. The Morgan fingerprint density at radius 3 is 2.89 bits per heavy atom. The van der Waals surface area contributed by atoms with Crippen LogP contribution in [0.15, 0.2) is 29.2 Å². The zero-order valence-electron chi connectivity index (χ0n) is 11.0. The van der Waals surface area contributed by atoms with Gasteiger partial charge in [0, 0.05) is 17.2 Å². The van der Waals surface area contributed by atoms with E-state index in [0.29, 0.717) is 0 Å². The number of rotatable bonds is 7. The summed E-state index contributed by atoms with van der Waals surface area (Å²) in [6.45, 7) is 0.823. The zero-order valence-corrected chi connectivity index (χ0v) is 14.0. The fraction of sp³-hybridized carbons (Fsp3) is 0.533. The van der Waals surface area contributed by atoms with Crippen LogP contribution in [-0.2, 0) is 4.79 Å². The number of unbranched alkanes of at least 4 members (excludes halogenated alkanes) is 3. The van der Waals surface area contributed by atoms with Gasteiger partial charge in [-0.25, -0.2) is 0 Å². The van der Waals surface area contributed by atoms with Gasteiger partial charge in [0.2, 0.25) is 5.91 Å². The Bertz CT molecular complexity index is 424. The van der Waals surface area contributed by atoms with E-state index < -0.39 is 0 Å². The molecule has 0 aromatic heterocycles. The maximum absolute atomic E-state index is 12.2. The molecule has 0 bridgehead atoms. The van der Waals surface area contributed by atoms with E-state index in [1.807, 2.05) is 12.1 Å². The first-order chi connectivity index (χ1) is 9.33. The second-order valence-corrected chi connectivity index (χ2v) is 6.94. The number of thioether (sulfide) groups is 1. The molecule has 1 N–H and O–H groups in total. The maximum atomic E-state index is 12.2. The Labute approximate surface area is 133 Å². The van der Waals surface area contributed by atoms with Gasteiger partial charge >= 0.3 is 0 Å². The number of hydrogen-bond acceptors (Lipinski definition) is 2. The molecule has 0 saturated heterocycles. The minimum Gasteiger partial charge on any atom is -0.356 e. The first kappa shape index (κ1) is 15.2.